The predicted octanol–water partition coefficient (Wildman–Crippen LogP) is 0.865. The molecule has 0 unspecified atom stereocenters. The maximum absolute atomic E-state index is 12.6. The molecule has 0 bridgehead atoms. The average Bonchev–Trinajstić information content (AvgIpc) is 2.85. The lowest BCUT2D eigenvalue weighted by Gasteiger charge is -2.43. The Labute approximate surface area is 130 Å². The van der Waals surface area contributed by atoms with E-state index >= 15 is 0 Å². The van der Waals surface area contributed by atoms with Crippen LogP contribution in [0.15, 0.2) is 24.3 Å². The summed E-state index contributed by atoms with van der Waals surface area (Å²) in [7, 11) is 0. The Morgan fingerprint density at radius 2 is 2.09 bits per heavy atom. The van der Waals surface area contributed by atoms with Crippen molar-refractivity contribution in [3.05, 3.63) is 35.4 Å². The summed E-state index contributed by atoms with van der Waals surface area (Å²) in [6, 6.07) is 4.31. The van der Waals surface area contributed by atoms with Crippen molar-refractivity contribution in [2.75, 3.05) is 26.2 Å². The lowest BCUT2D eigenvalue weighted by molar-refractivity contribution is -0.140. The number of hydrogen-bond acceptors (Lipinski definition) is 3. The van der Waals surface area contributed by atoms with Crippen molar-refractivity contribution >= 4 is 11.8 Å². The summed E-state index contributed by atoms with van der Waals surface area (Å²) >= 11 is 0. The third kappa shape index (κ3) is 3.17. The molecular weight excluding hydrogens is 311 g/mol. The molecule has 2 heterocycles. The zero-order chi connectivity index (χ0) is 16.6. The minimum absolute atomic E-state index is 0.114. The Balaban J connectivity index is 1.56. The maximum atomic E-state index is 12.6. The molecule has 124 valence electrons. The Morgan fingerprint density at radius 3 is 2.78 bits per heavy atom. The number of fused-ring (bicyclic) bond motifs is 1. The molecule has 0 aliphatic carbocycles. The third-order valence-electron chi connectivity index (χ3n) is 4.31. The quantitative estimate of drug-likeness (QED) is 0.866. The van der Waals surface area contributed by atoms with Gasteiger partial charge in [-0.1, -0.05) is 6.07 Å². The van der Waals surface area contributed by atoms with Crippen LogP contribution in [-0.2, 0) is 11.0 Å². The second kappa shape index (κ2) is 5.84. The highest BCUT2D eigenvalue weighted by Gasteiger charge is 2.44. The molecule has 0 radical (unpaired) electrons. The molecule has 8 heteroatoms. The smallest absolute Gasteiger partial charge is 0.343 e. The first-order valence-corrected chi connectivity index (χ1v) is 7.32. The van der Waals surface area contributed by atoms with Crippen LogP contribution in [0.1, 0.15) is 15.9 Å². The lowest BCUT2D eigenvalue weighted by atomic mass is 9.92. The van der Waals surface area contributed by atoms with Crippen LogP contribution >= 0.6 is 0 Å². The Kier molecular flexibility index (Phi) is 4.01. The predicted molar refractivity (Wildman–Crippen MR) is 75.6 cm³/mol. The number of amides is 2. The first-order chi connectivity index (χ1) is 10.9. The number of hydrogen-bond donors (Lipinski definition) is 2. The standard InChI is InChI=1S/C15H16F3N3O2/c16-15(17,18)11-3-1-2-9(4-11)14(23)20-7-13(22)21-8-10-5-19-6-12(10)21/h1-4,10,12,19H,5-8H2,(H,20,23)/t10-,12-/m0/s1. The van der Waals surface area contributed by atoms with E-state index in [-0.39, 0.29) is 24.1 Å². The highest BCUT2D eigenvalue weighted by atomic mass is 19.4. The van der Waals surface area contributed by atoms with Gasteiger partial charge in [0.15, 0.2) is 0 Å². The average molecular weight is 327 g/mol. The van der Waals surface area contributed by atoms with Crippen LogP contribution in [0.2, 0.25) is 0 Å². The van der Waals surface area contributed by atoms with Gasteiger partial charge in [0.25, 0.3) is 5.91 Å². The zero-order valence-electron chi connectivity index (χ0n) is 12.2. The van der Waals surface area contributed by atoms with Gasteiger partial charge < -0.3 is 15.5 Å². The van der Waals surface area contributed by atoms with E-state index in [0.29, 0.717) is 12.5 Å². The van der Waals surface area contributed by atoms with E-state index in [2.05, 4.69) is 10.6 Å². The van der Waals surface area contributed by atoms with Crippen LogP contribution in [0.25, 0.3) is 0 Å². The molecule has 23 heavy (non-hydrogen) atoms. The second-order valence-corrected chi connectivity index (χ2v) is 5.79. The highest BCUT2D eigenvalue weighted by molar-refractivity contribution is 5.96. The fraction of sp³-hybridized carbons (Fsp3) is 0.467. The molecule has 0 saturated carbocycles. The van der Waals surface area contributed by atoms with Crippen LogP contribution in [0.3, 0.4) is 0 Å². The first-order valence-electron chi connectivity index (χ1n) is 7.32. The second-order valence-electron chi connectivity index (χ2n) is 5.79. The Hall–Kier alpha value is -2.09. The number of alkyl halides is 3. The molecule has 2 atom stereocenters. The number of nitrogens with zero attached hydrogens (tertiary/aromatic N) is 1. The van der Waals surface area contributed by atoms with Gasteiger partial charge in [0.1, 0.15) is 0 Å². The number of nitrogens with one attached hydrogen (secondary N) is 2. The maximum Gasteiger partial charge on any atom is 0.416 e. The molecule has 5 nitrogen and oxygen atoms in total. The zero-order valence-corrected chi connectivity index (χ0v) is 12.2. The van der Waals surface area contributed by atoms with Gasteiger partial charge in [-0.05, 0) is 18.2 Å². The van der Waals surface area contributed by atoms with E-state index in [9.17, 15) is 22.8 Å². The highest BCUT2D eigenvalue weighted by Crippen LogP contribution is 2.29. The number of halogens is 3. The van der Waals surface area contributed by atoms with Crippen molar-refractivity contribution in [2.45, 2.75) is 12.2 Å². The van der Waals surface area contributed by atoms with Crippen LogP contribution in [0.5, 0.6) is 0 Å². The van der Waals surface area contributed by atoms with Crippen LogP contribution in [0, 0.1) is 5.92 Å². The molecule has 2 saturated heterocycles. The van der Waals surface area contributed by atoms with Crippen molar-refractivity contribution < 1.29 is 22.8 Å². The number of carbonyl (C=O) groups excluding carboxylic acids is 2. The molecule has 2 fully saturated rings. The molecule has 3 rings (SSSR count). The van der Waals surface area contributed by atoms with E-state index in [1.54, 1.807) is 4.90 Å². The summed E-state index contributed by atoms with van der Waals surface area (Å²) in [5.41, 5.74) is -1.00. The van der Waals surface area contributed by atoms with E-state index in [1.807, 2.05) is 0 Å². The largest absolute Gasteiger partial charge is 0.416 e. The van der Waals surface area contributed by atoms with Gasteiger partial charge >= 0.3 is 6.18 Å². The molecule has 2 amide bonds. The van der Waals surface area contributed by atoms with E-state index in [4.69, 9.17) is 0 Å². The molecule has 2 aliphatic heterocycles. The van der Waals surface area contributed by atoms with Crippen molar-refractivity contribution in [1.29, 1.82) is 0 Å². The minimum Gasteiger partial charge on any atom is -0.343 e. The molecule has 1 aromatic rings. The topological polar surface area (TPSA) is 61.4 Å². The van der Waals surface area contributed by atoms with Crippen molar-refractivity contribution in [1.82, 2.24) is 15.5 Å². The van der Waals surface area contributed by atoms with E-state index in [0.717, 1.165) is 25.2 Å². The number of rotatable bonds is 3. The summed E-state index contributed by atoms with van der Waals surface area (Å²) in [6.07, 6.45) is -4.51. The summed E-state index contributed by atoms with van der Waals surface area (Å²) in [5, 5.41) is 5.58. The Bertz CT molecular complexity index is 633. The fourth-order valence-corrected chi connectivity index (χ4v) is 3.00. The van der Waals surface area contributed by atoms with E-state index in [1.165, 1.54) is 12.1 Å². The number of benzene rings is 1. The van der Waals surface area contributed by atoms with Crippen LogP contribution < -0.4 is 10.6 Å². The molecule has 1 aromatic carbocycles. The molecule has 0 spiro atoms. The van der Waals surface area contributed by atoms with Crippen molar-refractivity contribution in [3.63, 3.8) is 0 Å². The van der Waals surface area contributed by atoms with Crippen molar-refractivity contribution in [3.8, 4) is 0 Å². The number of likely N-dealkylation sites (tertiary alicyclic amines) is 1. The monoisotopic (exact) mass is 327 g/mol. The minimum atomic E-state index is -4.51. The Morgan fingerprint density at radius 1 is 1.30 bits per heavy atom. The van der Waals surface area contributed by atoms with Crippen molar-refractivity contribution in [2.24, 2.45) is 5.92 Å². The van der Waals surface area contributed by atoms with Gasteiger partial charge in [0.2, 0.25) is 5.91 Å². The van der Waals surface area contributed by atoms with E-state index < -0.39 is 17.6 Å². The molecule has 0 aromatic heterocycles. The summed E-state index contributed by atoms with van der Waals surface area (Å²) < 4.78 is 37.9. The first kappa shape index (κ1) is 15.8. The molecule has 2 aliphatic rings. The van der Waals surface area contributed by atoms with Crippen LogP contribution in [-0.4, -0.2) is 48.9 Å². The van der Waals surface area contributed by atoms with Gasteiger partial charge in [-0.15, -0.1) is 0 Å². The normalized spacial score (nSPS) is 23.2. The summed E-state index contributed by atoms with van der Waals surface area (Å²) in [4.78, 5) is 25.6. The van der Waals surface area contributed by atoms with Gasteiger partial charge in [-0.25, -0.2) is 0 Å². The third-order valence-corrected chi connectivity index (χ3v) is 4.31. The summed E-state index contributed by atoms with van der Waals surface area (Å²) in [5.74, 6) is -0.431. The van der Waals surface area contributed by atoms with Gasteiger partial charge in [0, 0.05) is 37.2 Å². The number of carbonyl (C=O) groups is 2. The lowest BCUT2D eigenvalue weighted by Crippen LogP contribution is -2.60. The fourth-order valence-electron chi connectivity index (χ4n) is 3.00. The molecule has 2 N–H and O–H groups in total. The van der Waals surface area contributed by atoms with Gasteiger partial charge in [0.05, 0.1) is 12.1 Å². The van der Waals surface area contributed by atoms with Gasteiger partial charge in [-0.2, -0.15) is 13.2 Å². The summed E-state index contributed by atoms with van der Waals surface area (Å²) in [6.45, 7) is 2.09. The molecular formula is C15H16F3N3O2. The SMILES string of the molecule is O=C(NCC(=O)N1C[C@@H]2CNC[C@@H]21)c1cccc(C(F)(F)F)c1. The van der Waals surface area contributed by atoms with Crippen LogP contribution in [0.4, 0.5) is 13.2 Å². The van der Waals surface area contributed by atoms with Gasteiger partial charge in [-0.3, -0.25) is 9.59 Å².